The maximum absolute atomic E-state index is 12.9. The van der Waals surface area contributed by atoms with Crippen LogP contribution < -0.4 is 4.72 Å². The number of amides is 1. The molecule has 3 aromatic rings. The minimum atomic E-state index is -3.97. The summed E-state index contributed by atoms with van der Waals surface area (Å²) in [5, 5.41) is 9.93. The Morgan fingerprint density at radius 1 is 1.31 bits per heavy atom. The van der Waals surface area contributed by atoms with Crippen LogP contribution in [0.15, 0.2) is 28.9 Å². The molecular weight excluding hydrogens is 410 g/mol. The number of hydrogen-bond donors (Lipinski definition) is 2. The summed E-state index contributed by atoms with van der Waals surface area (Å²) in [6, 6.07) is 5.49. The van der Waals surface area contributed by atoms with Gasteiger partial charge in [-0.3, -0.25) is 9.52 Å². The first-order valence-corrected chi connectivity index (χ1v) is 11.5. The zero-order chi connectivity index (χ0) is 20.6. The van der Waals surface area contributed by atoms with Crippen molar-refractivity contribution in [3.8, 4) is 6.07 Å². The van der Waals surface area contributed by atoms with Crippen molar-refractivity contribution in [3.05, 3.63) is 40.5 Å². The van der Waals surface area contributed by atoms with Crippen molar-refractivity contribution >= 4 is 43.9 Å². The van der Waals surface area contributed by atoms with E-state index in [-0.39, 0.29) is 10.2 Å². The minimum Gasteiger partial charge on any atom is -0.358 e. The van der Waals surface area contributed by atoms with Gasteiger partial charge in [0.2, 0.25) is 4.34 Å². The molecule has 2 N–H and O–H groups in total. The molecule has 0 atom stereocenters. The number of fused-ring (bicyclic) bond motifs is 1. The van der Waals surface area contributed by atoms with Gasteiger partial charge in [0.05, 0.1) is 23.0 Å². The zero-order valence-corrected chi connectivity index (χ0v) is 17.4. The molecular formula is C19H19N5O3S2. The number of carbonyl (C=O) groups excluding carboxylic acids is 1. The van der Waals surface area contributed by atoms with E-state index in [1.165, 1.54) is 6.20 Å². The van der Waals surface area contributed by atoms with Crippen LogP contribution in [0.1, 0.15) is 40.1 Å². The lowest BCUT2D eigenvalue weighted by atomic mass is 10.1. The lowest BCUT2D eigenvalue weighted by Gasteiger charge is -2.25. The molecule has 10 heteroatoms. The molecule has 0 radical (unpaired) electrons. The smallest absolute Gasteiger partial charge is 0.289 e. The van der Waals surface area contributed by atoms with E-state index in [1.54, 1.807) is 23.2 Å². The lowest BCUT2D eigenvalue weighted by Crippen LogP contribution is -2.35. The SMILES string of the molecule is Cc1ccc(NS(=O)(=O)c2ncc(C(=O)N3CCCCC3)s2)c2[nH]cc(C#N)c12. The van der Waals surface area contributed by atoms with E-state index < -0.39 is 10.0 Å². The second kappa shape index (κ2) is 7.50. The third kappa shape index (κ3) is 3.59. The Labute approximate surface area is 172 Å². The third-order valence-corrected chi connectivity index (χ3v) is 7.72. The molecule has 1 aliphatic rings. The van der Waals surface area contributed by atoms with Crippen LogP contribution in [-0.4, -0.2) is 42.3 Å². The first-order valence-electron chi connectivity index (χ1n) is 9.19. The number of aromatic amines is 1. The van der Waals surface area contributed by atoms with Crippen molar-refractivity contribution < 1.29 is 13.2 Å². The average Bonchev–Trinajstić information content (AvgIpc) is 3.38. The Bertz CT molecular complexity index is 1230. The first kappa shape index (κ1) is 19.4. The van der Waals surface area contributed by atoms with Crippen molar-refractivity contribution in [3.63, 3.8) is 0 Å². The topological polar surface area (TPSA) is 119 Å². The van der Waals surface area contributed by atoms with Gasteiger partial charge in [-0.25, -0.2) is 4.98 Å². The van der Waals surface area contributed by atoms with Crippen LogP contribution >= 0.6 is 11.3 Å². The molecule has 29 heavy (non-hydrogen) atoms. The number of sulfonamides is 1. The molecule has 0 bridgehead atoms. The number of aryl methyl sites for hydroxylation is 1. The molecule has 1 amide bonds. The summed E-state index contributed by atoms with van der Waals surface area (Å²) in [6.45, 7) is 3.23. The van der Waals surface area contributed by atoms with Crippen molar-refractivity contribution in [1.29, 1.82) is 5.26 Å². The van der Waals surface area contributed by atoms with Gasteiger partial charge in [-0.2, -0.15) is 13.7 Å². The van der Waals surface area contributed by atoms with Crippen LogP contribution in [0.2, 0.25) is 0 Å². The van der Waals surface area contributed by atoms with Crippen LogP contribution in [-0.2, 0) is 10.0 Å². The van der Waals surface area contributed by atoms with Crippen molar-refractivity contribution in [2.75, 3.05) is 17.8 Å². The summed E-state index contributed by atoms with van der Waals surface area (Å²) >= 11 is 0.864. The first-order chi connectivity index (χ1) is 13.9. The molecule has 0 spiro atoms. The summed E-state index contributed by atoms with van der Waals surface area (Å²) in [5.74, 6) is -0.176. The van der Waals surface area contributed by atoms with E-state index in [2.05, 4.69) is 20.8 Å². The second-order valence-corrected chi connectivity index (χ2v) is 9.83. The highest BCUT2D eigenvalue weighted by Gasteiger charge is 2.25. The Balaban J connectivity index is 1.62. The number of thiazole rings is 1. The van der Waals surface area contributed by atoms with Crippen LogP contribution in [0.5, 0.6) is 0 Å². The number of anilines is 1. The Hall–Kier alpha value is -2.90. The van der Waals surface area contributed by atoms with E-state index in [1.807, 2.05) is 6.92 Å². The highest BCUT2D eigenvalue weighted by Crippen LogP contribution is 2.31. The predicted molar refractivity (Wildman–Crippen MR) is 110 cm³/mol. The molecule has 1 fully saturated rings. The minimum absolute atomic E-state index is 0.168. The molecule has 0 unspecified atom stereocenters. The van der Waals surface area contributed by atoms with Crippen molar-refractivity contribution in [2.24, 2.45) is 0 Å². The van der Waals surface area contributed by atoms with E-state index in [9.17, 15) is 18.5 Å². The molecule has 150 valence electrons. The molecule has 3 heterocycles. The van der Waals surface area contributed by atoms with Gasteiger partial charge < -0.3 is 9.88 Å². The molecule has 4 rings (SSSR count). The summed E-state index contributed by atoms with van der Waals surface area (Å²) < 4.78 is 28.1. The van der Waals surface area contributed by atoms with Gasteiger partial charge in [0.25, 0.3) is 15.9 Å². The number of piperidine rings is 1. The zero-order valence-electron chi connectivity index (χ0n) is 15.7. The molecule has 1 aromatic carbocycles. The van der Waals surface area contributed by atoms with Gasteiger partial charge >= 0.3 is 0 Å². The number of carbonyl (C=O) groups is 1. The number of rotatable bonds is 4. The van der Waals surface area contributed by atoms with Crippen LogP contribution in [0, 0.1) is 18.3 Å². The van der Waals surface area contributed by atoms with Crippen molar-refractivity contribution in [1.82, 2.24) is 14.9 Å². The van der Waals surface area contributed by atoms with E-state index >= 15 is 0 Å². The van der Waals surface area contributed by atoms with Gasteiger partial charge in [0.15, 0.2) is 0 Å². The van der Waals surface area contributed by atoms with Gasteiger partial charge in [-0.15, -0.1) is 0 Å². The largest absolute Gasteiger partial charge is 0.358 e. The monoisotopic (exact) mass is 429 g/mol. The number of nitrogens with zero attached hydrogens (tertiary/aromatic N) is 3. The lowest BCUT2D eigenvalue weighted by molar-refractivity contribution is 0.0729. The van der Waals surface area contributed by atoms with Crippen LogP contribution in [0.25, 0.3) is 10.9 Å². The Morgan fingerprint density at radius 2 is 2.07 bits per heavy atom. The van der Waals surface area contributed by atoms with Crippen molar-refractivity contribution in [2.45, 2.75) is 30.5 Å². The predicted octanol–water partition coefficient (Wildman–Crippen LogP) is 3.23. The highest BCUT2D eigenvalue weighted by atomic mass is 32.2. The molecule has 0 saturated carbocycles. The second-order valence-electron chi connectivity index (χ2n) is 6.94. The fourth-order valence-electron chi connectivity index (χ4n) is 3.52. The number of nitriles is 1. The number of hydrogen-bond acceptors (Lipinski definition) is 6. The molecule has 0 aliphatic carbocycles. The van der Waals surface area contributed by atoms with Gasteiger partial charge in [-0.05, 0) is 37.8 Å². The van der Waals surface area contributed by atoms with E-state index in [0.29, 0.717) is 40.1 Å². The Kier molecular flexibility index (Phi) is 5.02. The molecule has 1 saturated heterocycles. The maximum Gasteiger partial charge on any atom is 0.289 e. The number of H-pyrrole nitrogens is 1. The van der Waals surface area contributed by atoms with Gasteiger partial charge in [-0.1, -0.05) is 17.4 Å². The Morgan fingerprint density at radius 3 is 2.79 bits per heavy atom. The number of nitrogens with one attached hydrogen (secondary N) is 2. The summed E-state index contributed by atoms with van der Waals surface area (Å²) in [4.78, 5) is 21.6. The number of aromatic nitrogens is 2. The summed E-state index contributed by atoms with van der Waals surface area (Å²) in [6.07, 6.45) is 5.90. The maximum atomic E-state index is 12.9. The van der Waals surface area contributed by atoms with Gasteiger partial charge in [0, 0.05) is 24.7 Å². The standard InChI is InChI=1S/C19H19N5O3S2/c1-12-5-6-14(17-16(12)13(9-20)10-21-17)23-29(26,27)19-22-11-15(28-19)18(25)24-7-3-2-4-8-24/h5-6,10-11,21,23H,2-4,7-8H2,1H3. The fraction of sp³-hybridized carbons (Fsp3) is 0.316. The number of benzene rings is 1. The summed E-state index contributed by atoms with van der Waals surface area (Å²) in [7, 11) is -3.97. The van der Waals surface area contributed by atoms with E-state index in [4.69, 9.17) is 0 Å². The molecule has 2 aromatic heterocycles. The van der Waals surface area contributed by atoms with Gasteiger partial charge in [0.1, 0.15) is 10.9 Å². The quantitative estimate of drug-likeness (QED) is 0.660. The van der Waals surface area contributed by atoms with Crippen LogP contribution in [0.3, 0.4) is 0 Å². The fourth-order valence-corrected chi connectivity index (χ4v) is 5.70. The number of likely N-dealkylation sites (tertiary alicyclic amines) is 1. The highest BCUT2D eigenvalue weighted by molar-refractivity contribution is 7.94. The third-order valence-electron chi connectivity index (χ3n) is 4.98. The summed E-state index contributed by atoms with van der Waals surface area (Å²) in [5.41, 5.74) is 2.17. The van der Waals surface area contributed by atoms with E-state index in [0.717, 1.165) is 36.2 Å². The normalized spacial score (nSPS) is 14.7. The molecule has 1 aliphatic heterocycles. The molecule has 8 nitrogen and oxygen atoms in total. The van der Waals surface area contributed by atoms with Crippen LogP contribution in [0.4, 0.5) is 5.69 Å². The average molecular weight is 430 g/mol.